The average molecular weight is 156 g/mol. The molecule has 1 N–H and O–H groups in total. The SMILES string of the molecule is C[C@@H](CC(F)(F)F)C(=O)O. The highest BCUT2D eigenvalue weighted by Crippen LogP contribution is 2.24. The Morgan fingerprint density at radius 1 is 1.60 bits per heavy atom. The van der Waals surface area contributed by atoms with E-state index in [1.807, 2.05) is 0 Å². The highest BCUT2D eigenvalue weighted by molar-refractivity contribution is 5.69. The molecule has 0 heterocycles. The zero-order chi connectivity index (χ0) is 8.36. The lowest BCUT2D eigenvalue weighted by Crippen LogP contribution is -2.19. The molecule has 0 aromatic heterocycles. The molecule has 0 aromatic carbocycles. The Morgan fingerprint density at radius 3 is 2.10 bits per heavy atom. The van der Waals surface area contributed by atoms with E-state index in [2.05, 4.69) is 0 Å². The third-order valence-electron chi connectivity index (χ3n) is 0.959. The summed E-state index contributed by atoms with van der Waals surface area (Å²) in [4.78, 5) is 9.88. The highest BCUT2D eigenvalue weighted by Gasteiger charge is 2.32. The molecule has 0 aliphatic carbocycles. The summed E-state index contributed by atoms with van der Waals surface area (Å²) in [5, 5.41) is 8.05. The van der Waals surface area contributed by atoms with Crippen LogP contribution < -0.4 is 0 Å². The number of carbonyl (C=O) groups is 1. The Labute approximate surface area is 55.7 Å². The van der Waals surface area contributed by atoms with Crippen molar-refractivity contribution >= 4 is 5.97 Å². The molecule has 60 valence electrons. The van der Waals surface area contributed by atoms with Gasteiger partial charge in [0.2, 0.25) is 0 Å². The molecule has 10 heavy (non-hydrogen) atoms. The number of hydrogen-bond donors (Lipinski definition) is 1. The van der Waals surface area contributed by atoms with Crippen LogP contribution in [0.25, 0.3) is 0 Å². The van der Waals surface area contributed by atoms with Crippen LogP contribution in [0.3, 0.4) is 0 Å². The molecular formula is C5H7F3O2. The van der Waals surface area contributed by atoms with Crippen LogP contribution in [0.1, 0.15) is 13.3 Å². The van der Waals surface area contributed by atoms with Crippen molar-refractivity contribution in [1.82, 2.24) is 0 Å². The number of hydrogen-bond acceptors (Lipinski definition) is 1. The lowest BCUT2D eigenvalue weighted by atomic mass is 10.1. The predicted octanol–water partition coefficient (Wildman–Crippen LogP) is 1.66. The lowest BCUT2D eigenvalue weighted by molar-refractivity contribution is -0.162. The van der Waals surface area contributed by atoms with Gasteiger partial charge in [0, 0.05) is 0 Å². The van der Waals surface area contributed by atoms with E-state index in [1.54, 1.807) is 0 Å². The highest BCUT2D eigenvalue weighted by atomic mass is 19.4. The summed E-state index contributed by atoms with van der Waals surface area (Å²) in [6, 6.07) is 0. The van der Waals surface area contributed by atoms with Crippen molar-refractivity contribution in [2.75, 3.05) is 0 Å². The molecular weight excluding hydrogens is 149 g/mol. The van der Waals surface area contributed by atoms with Crippen LogP contribution in [-0.2, 0) is 4.79 Å². The van der Waals surface area contributed by atoms with Gasteiger partial charge in [-0.3, -0.25) is 4.79 Å². The normalized spacial score (nSPS) is 14.8. The van der Waals surface area contributed by atoms with Crippen molar-refractivity contribution in [1.29, 1.82) is 0 Å². The number of rotatable bonds is 2. The van der Waals surface area contributed by atoms with Crippen LogP contribution in [0, 0.1) is 5.92 Å². The van der Waals surface area contributed by atoms with Gasteiger partial charge >= 0.3 is 12.1 Å². The second-order valence-electron chi connectivity index (χ2n) is 2.06. The molecule has 0 amide bonds. The third kappa shape index (κ3) is 4.17. The maximum atomic E-state index is 11.4. The van der Waals surface area contributed by atoms with E-state index in [9.17, 15) is 18.0 Å². The van der Waals surface area contributed by atoms with Gasteiger partial charge in [-0.15, -0.1) is 0 Å². The molecule has 2 nitrogen and oxygen atoms in total. The molecule has 0 radical (unpaired) electrons. The van der Waals surface area contributed by atoms with Gasteiger partial charge in [0.15, 0.2) is 0 Å². The molecule has 0 fully saturated rings. The molecule has 1 atom stereocenters. The summed E-state index contributed by atoms with van der Waals surface area (Å²) in [6.45, 7) is 1.02. The van der Waals surface area contributed by atoms with Crippen molar-refractivity contribution in [3.05, 3.63) is 0 Å². The standard InChI is InChI=1S/C5H7F3O2/c1-3(4(9)10)2-5(6,7)8/h3H,2H2,1H3,(H,9,10)/t3-/m0/s1. The van der Waals surface area contributed by atoms with E-state index in [0.717, 1.165) is 6.92 Å². The quantitative estimate of drug-likeness (QED) is 0.660. The topological polar surface area (TPSA) is 37.3 Å². The summed E-state index contributed by atoms with van der Waals surface area (Å²) in [5.74, 6) is -2.77. The molecule has 0 unspecified atom stereocenters. The average Bonchev–Trinajstić information content (AvgIpc) is 1.60. The van der Waals surface area contributed by atoms with E-state index in [0.29, 0.717) is 0 Å². The predicted molar refractivity (Wildman–Crippen MR) is 27.5 cm³/mol. The van der Waals surface area contributed by atoms with Gasteiger partial charge in [-0.2, -0.15) is 13.2 Å². The Kier molecular flexibility index (Phi) is 2.68. The van der Waals surface area contributed by atoms with Crippen molar-refractivity contribution in [2.24, 2.45) is 5.92 Å². The van der Waals surface area contributed by atoms with E-state index in [-0.39, 0.29) is 0 Å². The van der Waals surface area contributed by atoms with E-state index in [4.69, 9.17) is 5.11 Å². The molecule has 0 bridgehead atoms. The molecule has 0 aromatic rings. The van der Waals surface area contributed by atoms with Crippen LogP contribution in [0.2, 0.25) is 0 Å². The minimum absolute atomic E-state index is 1.02. The summed E-state index contributed by atoms with van der Waals surface area (Å²) >= 11 is 0. The Morgan fingerprint density at radius 2 is 2.00 bits per heavy atom. The molecule has 0 aliphatic heterocycles. The fourth-order valence-electron chi connectivity index (χ4n) is 0.434. The van der Waals surface area contributed by atoms with Crippen molar-refractivity contribution in [3.8, 4) is 0 Å². The molecule has 0 aliphatic rings. The minimum Gasteiger partial charge on any atom is -0.481 e. The van der Waals surface area contributed by atoms with Gasteiger partial charge in [0.05, 0.1) is 12.3 Å². The zero-order valence-corrected chi connectivity index (χ0v) is 5.27. The minimum atomic E-state index is -4.38. The fraction of sp³-hybridized carbons (Fsp3) is 0.800. The third-order valence-corrected chi connectivity index (χ3v) is 0.959. The first kappa shape index (κ1) is 9.26. The zero-order valence-electron chi connectivity index (χ0n) is 5.27. The number of halogens is 3. The summed E-state index contributed by atoms with van der Waals surface area (Å²) in [5.41, 5.74) is 0. The van der Waals surface area contributed by atoms with E-state index in [1.165, 1.54) is 0 Å². The van der Waals surface area contributed by atoms with Gasteiger partial charge in [0.1, 0.15) is 0 Å². The first-order chi connectivity index (χ1) is 4.33. The number of alkyl halides is 3. The van der Waals surface area contributed by atoms with Gasteiger partial charge in [-0.25, -0.2) is 0 Å². The second kappa shape index (κ2) is 2.90. The summed E-state index contributed by atoms with van der Waals surface area (Å²) in [7, 11) is 0. The first-order valence-electron chi connectivity index (χ1n) is 2.62. The number of aliphatic carboxylic acids is 1. The van der Waals surface area contributed by atoms with Gasteiger partial charge < -0.3 is 5.11 Å². The maximum Gasteiger partial charge on any atom is 0.389 e. The second-order valence-corrected chi connectivity index (χ2v) is 2.06. The van der Waals surface area contributed by atoms with Gasteiger partial charge in [-0.1, -0.05) is 6.92 Å². The maximum absolute atomic E-state index is 11.4. The molecule has 5 heteroatoms. The van der Waals surface area contributed by atoms with Crippen molar-refractivity contribution < 1.29 is 23.1 Å². The van der Waals surface area contributed by atoms with Crippen LogP contribution >= 0.6 is 0 Å². The Bertz CT molecular complexity index is 129. The Hall–Kier alpha value is -0.740. The number of carboxylic acids is 1. The molecule has 0 spiro atoms. The molecule has 0 saturated carbocycles. The van der Waals surface area contributed by atoms with E-state index >= 15 is 0 Å². The van der Waals surface area contributed by atoms with Crippen molar-refractivity contribution in [3.63, 3.8) is 0 Å². The molecule has 0 rings (SSSR count). The monoisotopic (exact) mass is 156 g/mol. The Balaban J connectivity index is 3.80. The van der Waals surface area contributed by atoms with Crippen LogP contribution in [0.5, 0.6) is 0 Å². The van der Waals surface area contributed by atoms with Gasteiger partial charge in [0.25, 0.3) is 0 Å². The van der Waals surface area contributed by atoms with E-state index < -0.39 is 24.5 Å². The summed E-state index contributed by atoms with van der Waals surface area (Å²) in [6.07, 6.45) is -5.64. The van der Waals surface area contributed by atoms with Crippen LogP contribution in [0.4, 0.5) is 13.2 Å². The van der Waals surface area contributed by atoms with Crippen LogP contribution in [-0.4, -0.2) is 17.3 Å². The first-order valence-corrected chi connectivity index (χ1v) is 2.62. The summed E-state index contributed by atoms with van der Waals surface area (Å²) < 4.78 is 34.2. The van der Waals surface area contributed by atoms with Crippen LogP contribution in [0.15, 0.2) is 0 Å². The van der Waals surface area contributed by atoms with Gasteiger partial charge in [-0.05, 0) is 0 Å². The molecule has 0 saturated heterocycles. The smallest absolute Gasteiger partial charge is 0.389 e. The largest absolute Gasteiger partial charge is 0.481 e. The number of carboxylic acid groups (broad SMARTS) is 1. The lowest BCUT2D eigenvalue weighted by Gasteiger charge is -2.08. The van der Waals surface area contributed by atoms with Crippen molar-refractivity contribution in [2.45, 2.75) is 19.5 Å². The fourth-order valence-corrected chi connectivity index (χ4v) is 0.434.